The predicted octanol–water partition coefficient (Wildman–Crippen LogP) is 1.32. The molecule has 1 aromatic rings. The summed E-state index contributed by atoms with van der Waals surface area (Å²) < 4.78 is 0. The SMILES string of the molecule is [CH2]NCCc1ccc(O)cc1. The maximum absolute atomic E-state index is 8.95. The molecule has 2 nitrogen and oxygen atoms in total. The maximum atomic E-state index is 8.95. The van der Waals surface area contributed by atoms with Crippen LogP contribution in [0.4, 0.5) is 0 Å². The lowest BCUT2D eigenvalue weighted by Crippen LogP contribution is -2.07. The lowest BCUT2D eigenvalue weighted by molar-refractivity contribution is 0.475. The zero-order valence-electron chi connectivity index (χ0n) is 6.38. The number of rotatable bonds is 3. The topological polar surface area (TPSA) is 32.3 Å². The van der Waals surface area contributed by atoms with Crippen LogP contribution in [0.2, 0.25) is 0 Å². The van der Waals surface area contributed by atoms with Crippen molar-refractivity contribution in [3.05, 3.63) is 36.9 Å². The van der Waals surface area contributed by atoms with Crippen LogP contribution in [0, 0.1) is 7.05 Å². The van der Waals surface area contributed by atoms with Gasteiger partial charge in [0, 0.05) is 7.05 Å². The first kappa shape index (κ1) is 8.08. The summed E-state index contributed by atoms with van der Waals surface area (Å²) in [5.74, 6) is 0.316. The van der Waals surface area contributed by atoms with Gasteiger partial charge in [-0.2, -0.15) is 0 Å². The van der Waals surface area contributed by atoms with Crippen LogP contribution in [-0.4, -0.2) is 11.7 Å². The number of benzene rings is 1. The Kier molecular flexibility index (Phi) is 2.93. The number of hydrogen-bond acceptors (Lipinski definition) is 2. The normalized spacial score (nSPS) is 9.91. The first-order chi connectivity index (χ1) is 5.33. The molecule has 59 valence electrons. The van der Waals surface area contributed by atoms with E-state index in [4.69, 9.17) is 5.11 Å². The van der Waals surface area contributed by atoms with Gasteiger partial charge in [-0.15, -0.1) is 0 Å². The van der Waals surface area contributed by atoms with E-state index in [1.807, 2.05) is 12.1 Å². The van der Waals surface area contributed by atoms with Crippen molar-refractivity contribution in [3.63, 3.8) is 0 Å². The lowest BCUT2D eigenvalue weighted by Gasteiger charge is -1.99. The molecule has 1 rings (SSSR count). The second-order valence-electron chi connectivity index (χ2n) is 2.42. The summed E-state index contributed by atoms with van der Waals surface area (Å²) in [6, 6.07) is 7.20. The fourth-order valence-electron chi connectivity index (χ4n) is 0.895. The van der Waals surface area contributed by atoms with Crippen LogP contribution in [-0.2, 0) is 6.42 Å². The molecule has 0 fully saturated rings. The predicted molar refractivity (Wildman–Crippen MR) is 45.2 cm³/mol. The standard InChI is InChI=1S/C9H12NO/c1-10-7-6-8-2-4-9(11)5-3-8/h2-5,10-11H,1,6-7H2. The van der Waals surface area contributed by atoms with Crippen molar-refractivity contribution in [2.45, 2.75) is 6.42 Å². The van der Waals surface area contributed by atoms with Crippen LogP contribution in [0.5, 0.6) is 5.75 Å². The fourth-order valence-corrected chi connectivity index (χ4v) is 0.895. The maximum Gasteiger partial charge on any atom is 0.115 e. The Morgan fingerprint density at radius 1 is 1.27 bits per heavy atom. The highest BCUT2D eigenvalue weighted by atomic mass is 16.3. The summed E-state index contributed by atoms with van der Waals surface area (Å²) in [6.07, 6.45) is 0.948. The largest absolute Gasteiger partial charge is 0.508 e. The Bertz CT molecular complexity index is 205. The van der Waals surface area contributed by atoms with E-state index in [0.717, 1.165) is 13.0 Å². The molecule has 0 bridgehead atoms. The molecule has 1 aromatic carbocycles. The van der Waals surface area contributed by atoms with Gasteiger partial charge in [-0.25, -0.2) is 0 Å². The van der Waals surface area contributed by atoms with Crippen molar-refractivity contribution in [2.75, 3.05) is 6.54 Å². The van der Waals surface area contributed by atoms with Gasteiger partial charge in [0.1, 0.15) is 5.75 Å². The van der Waals surface area contributed by atoms with Gasteiger partial charge in [-0.05, 0) is 30.7 Å². The molecule has 0 amide bonds. The van der Waals surface area contributed by atoms with Crippen molar-refractivity contribution >= 4 is 0 Å². The van der Waals surface area contributed by atoms with Crippen molar-refractivity contribution in [1.29, 1.82) is 0 Å². The summed E-state index contributed by atoms with van der Waals surface area (Å²) >= 11 is 0. The minimum Gasteiger partial charge on any atom is -0.508 e. The summed E-state index contributed by atoms with van der Waals surface area (Å²) in [5, 5.41) is 11.8. The average molecular weight is 150 g/mol. The molecule has 0 spiro atoms. The van der Waals surface area contributed by atoms with Gasteiger partial charge in [0.25, 0.3) is 0 Å². The summed E-state index contributed by atoms with van der Waals surface area (Å²) in [7, 11) is 3.52. The lowest BCUT2D eigenvalue weighted by atomic mass is 10.1. The molecule has 0 aliphatic carbocycles. The van der Waals surface area contributed by atoms with Gasteiger partial charge in [-0.1, -0.05) is 12.1 Å². The fraction of sp³-hybridized carbons (Fsp3) is 0.222. The first-order valence-electron chi connectivity index (χ1n) is 3.61. The van der Waals surface area contributed by atoms with Gasteiger partial charge in [0.05, 0.1) is 0 Å². The third-order valence-corrected chi connectivity index (χ3v) is 1.53. The molecule has 0 saturated heterocycles. The molecule has 0 aliphatic heterocycles. The third kappa shape index (κ3) is 2.60. The van der Waals surface area contributed by atoms with Crippen LogP contribution >= 0.6 is 0 Å². The Balaban J connectivity index is 2.52. The first-order valence-corrected chi connectivity index (χ1v) is 3.61. The van der Waals surface area contributed by atoms with Crippen LogP contribution in [0.25, 0.3) is 0 Å². The van der Waals surface area contributed by atoms with Crippen LogP contribution in [0.3, 0.4) is 0 Å². The molecule has 2 N–H and O–H groups in total. The molecule has 0 aromatic heterocycles. The molecule has 0 atom stereocenters. The highest BCUT2D eigenvalue weighted by Crippen LogP contribution is 2.09. The Hall–Kier alpha value is -1.02. The number of nitrogens with one attached hydrogen (secondary N) is 1. The minimum atomic E-state index is 0.316. The van der Waals surface area contributed by atoms with Gasteiger partial charge in [-0.3, -0.25) is 0 Å². The average Bonchev–Trinajstić information content (AvgIpc) is 2.04. The number of phenolic OH excluding ortho intramolecular Hbond substituents is 1. The Morgan fingerprint density at radius 2 is 1.91 bits per heavy atom. The van der Waals surface area contributed by atoms with Gasteiger partial charge < -0.3 is 10.4 Å². The van der Waals surface area contributed by atoms with Crippen molar-refractivity contribution < 1.29 is 5.11 Å². The van der Waals surface area contributed by atoms with E-state index < -0.39 is 0 Å². The summed E-state index contributed by atoms with van der Waals surface area (Å²) in [5.41, 5.74) is 1.21. The van der Waals surface area contributed by atoms with Gasteiger partial charge in [0.2, 0.25) is 0 Å². The number of hydrogen-bond donors (Lipinski definition) is 2. The van der Waals surface area contributed by atoms with E-state index >= 15 is 0 Å². The summed E-state index contributed by atoms with van der Waals surface area (Å²) in [4.78, 5) is 0. The van der Waals surface area contributed by atoms with E-state index in [-0.39, 0.29) is 0 Å². The molecule has 1 radical (unpaired) electrons. The number of phenols is 1. The van der Waals surface area contributed by atoms with E-state index in [0.29, 0.717) is 5.75 Å². The smallest absolute Gasteiger partial charge is 0.115 e. The minimum absolute atomic E-state index is 0.316. The second-order valence-corrected chi connectivity index (χ2v) is 2.42. The van der Waals surface area contributed by atoms with E-state index in [2.05, 4.69) is 12.4 Å². The highest BCUT2D eigenvalue weighted by molar-refractivity contribution is 5.25. The molecular formula is C9H12NO. The van der Waals surface area contributed by atoms with Gasteiger partial charge in [0.15, 0.2) is 0 Å². The van der Waals surface area contributed by atoms with E-state index in [1.54, 1.807) is 12.1 Å². The van der Waals surface area contributed by atoms with E-state index in [1.165, 1.54) is 5.56 Å². The molecule has 0 unspecified atom stereocenters. The molecule has 0 saturated carbocycles. The molecule has 11 heavy (non-hydrogen) atoms. The van der Waals surface area contributed by atoms with Crippen LogP contribution in [0.15, 0.2) is 24.3 Å². The van der Waals surface area contributed by atoms with Crippen LogP contribution in [0.1, 0.15) is 5.56 Å². The van der Waals surface area contributed by atoms with Gasteiger partial charge >= 0.3 is 0 Å². The molecule has 2 heteroatoms. The van der Waals surface area contributed by atoms with E-state index in [9.17, 15) is 0 Å². The Labute approximate surface area is 66.9 Å². The molecule has 0 aliphatic rings. The highest BCUT2D eigenvalue weighted by Gasteiger charge is 1.90. The zero-order chi connectivity index (χ0) is 8.10. The zero-order valence-corrected chi connectivity index (χ0v) is 6.38. The quantitative estimate of drug-likeness (QED) is 0.681. The van der Waals surface area contributed by atoms with Crippen molar-refractivity contribution in [2.24, 2.45) is 0 Å². The summed E-state index contributed by atoms with van der Waals surface area (Å²) in [6.45, 7) is 0.866. The molecular weight excluding hydrogens is 138 g/mol. The third-order valence-electron chi connectivity index (χ3n) is 1.53. The monoisotopic (exact) mass is 150 g/mol. The second kappa shape index (κ2) is 3.98. The number of aromatic hydroxyl groups is 1. The molecule has 0 heterocycles. The van der Waals surface area contributed by atoms with Crippen LogP contribution < -0.4 is 5.32 Å². The van der Waals surface area contributed by atoms with Crippen molar-refractivity contribution in [1.82, 2.24) is 5.32 Å². The Morgan fingerprint density at radius 3 is 2.45 bits per heavy atom. The van der Waals surface area contributed by atoms with Crippen molar-refractivity contribution in [3.8, 4) is 5.75 Å².